The number of rotatable bonds is 4. The fourth-order valence-electron chi connectivity index (χ4n) is 5.65. The summed E-state index contributed by atoms with van der Waals surface area (Å²) in [4.78, 5) is -0.0696. The van der Waals surface area contributed by atoms with Gasteiger partial charge in [-0.2, -0.15) is 16.8 Å². The molecule has 2 aliphatic carbocycles. The second-order valence-electron chi connectivity index (χ2n) is 8.09. The normalized spacial score (nSPS) is 32.7. The van der Waals surface area contributed by atoms with Crippen LogP contribution in [0, 0.1) is 16.7 Å². The lowest BCUT2D eigenvalue weighted by Gasteiger charge is -2.34. The van der Waals surface area contributed by atoms with E-state index in [-0.39, 0.29) is 22.3 Å². The van der Waals surface area contributed by atoms with Crippen molar-refractivity contribution in [1.29, 1.82) is 0 Å². The molecule has 0 saturated heterocycles. The van der Waals surface area contributed by atoms with Crippen molar-refractivity contribution in [3.63, 3.8) is 0 Å². The maximum Gasteiger partial charge on any atom is 0.411 e. The molecule has 9 heteroatoms. The molecule has 2 fully saturated rings. The van der Waals surface area contributed by atoms with Gasteiger partial charge in [0.2, 0.25) is 0 Å². The maximum absolute atomic E-state index is 13.4. The van der Waals surface area contributed by atoms with Crippen LogP contribution in [0.4, 0.5) is 0 Å². The highest BCUT2D eigenvalue weighted by atomic mass is 32.3. The lowest BCUT2D eigenvalue weighted by molar-refractivity contribution is -0.245. The molecule has 0 radical (unpaired) electrons. The first-order valence-electron chi connectivity index (χ1n) is 8.83. The summed E-state index contributed by atoms with van der Waals surface area (Å²) in [5.41, 5.74) is -1.10. The largest absolute Gasteiger partial charge is 0.411 e. The number of nitrogens with zero attached hydrogens (tertiary/aromatic N) is 1. The topological polar surface area (TPSA) is 89.8 Å². The van der Waals surface area contributed by atoms with Crippen LogP contribution in [0.15, 0.2) is 35.2 Å². The maximum atomic E-state index is 13.4. The smallest absolute Gasteiger partial charge is 0.345 e. The summed E-state index contributed by atoms with van der Waals surface area (Å²) in [6.45, 7) is 3.97. The summed E-state index contributed by atoms with van der Waals surface area (Å²) in [5.74, 6) is -1.77. The standard InChI is InChI=1S/C18H24NO6S2/c1-16(2)14-10-11-17(16)12-26(20,21)19(15(17)18(14,24-3)25-4)27(22,23)13-8-6-5-7-9-13/h5-9,14H,10-12H2,1-4H3/q+1/t14-,17+/m0/s1. The summed E-state index contributed by atoms with van der Waals surface area (Å²) < 4.78 is 65.3. The van der Waals surface area contributed by atoms with E-state index in [0.29, 0.717) is 16.2 Å². The predicted molar refractivity (Wildman–Crippen MR) is 98.4 cm³/mol. The Balaban J connectivity index is 2.13. The average molecular weight is 415 g/mol. The molecule has 2 atom stereocenters. The molecule has 1 aromatic rings. The number of benzene rings is 1. The predicted octanol–water partition coefficient (Wildman–Crippen LogP) is 1.60. The Bertz CT molecular complexity index is 1040. The highest BCUT2D eigenvalue weighted by molar-refractivity contribution is 7.98. The third-order valence-corrected chi connectivity index (χ3v) is 11.2. The Labute approximate surface area is 160 Å². The zero-order valence-corrected chi connectivity index (χ0v) is 17.4. The molecule has 2 saturated carbocycles. The monoisotopic (exact) mass is 414 g/mol. The Morgan fingerprint density at radius 2 is 1.70 bits per heavy atom. The molecule has 7 nitrogen and oxygen atoms in total. The summed E-state index contributed by atoms with van der Waals surface area (Å²) >= 11 is 0. The first-order chi connectivity index (χ1) is 12.5. The van der Waals surface area contributed by atoms with E-state index < -0.39 is 36.7 Å². The van der Waals surface area contributed by atoms with Crippen molar-refractivity contribution in [3.8, 4) is 0 Å². The van der Waals surface area contributed by atoms with Gasteiger partial charge in [0.05, 0.1) is 5.41 Å². The van der Waals surface area contributed by atoms with E-state index in [4.69, 9.17) is 9.47 Å². The van der Waals surface area contributed by atoms with Crippen LogP contribution in [0.3, 0.4) is 0 Å². The van der Waals surface area contributed by atoms with Crippen molar-refractivity contribution in [3.05, 3.63) is 30.3 Å². The van der Waals surface area contributed by atoms with Crippen LogP contribution in [-0.4, -0.2) is 51.7 Å². The quantitative estimate of drug-likeness (QED) is 0.549. The van der Waals surface area contributed by atoms with Gasteiger partial charge in [-0.3, -0.25) is 0 Å². The van der Waals surface area contributed by atoms with Gasteiger partial charge in [0.15, 0.2) is 0 Å². The van der Waals surface area contributed by atoms with E-state index >= 15 is 0 Å². The Morgan fingerprint density at radius 1 is 1.11 bits per heavy atom. The first-order valence-corrected chi connectivity index (χ1v) is 11.9. The third kappa shape index (κ3) is 2.01. The summed E-state index contributed by atoms with van der Waals surface area (Å²) in [5, 5.41) is 0. The number of hydrogen-bond acceptors (Lipinski definition) is 6. The minimum Gasteiger partial charge on any atom is -0.345 e. The van der Waals surface area contributed by atoms with Gasteiger partial charge in [-0.05, 0) is 30.4 Å². The molecule has 1 heterocycles. The molecule has 2 bridgehead atoms. The molecular weight excluding hydrogens is 390 g/mol. The van der Waals surface area contributed by atoms with Gasteiger partial charge in [-0.15, -0.1) is 0 Å². The van der Waals surface area contributed by atoms with Gasteiger partial charge in [-0.1, -0.05) is 32.0 Å². The number of ether oxygens (including phenoxy) is 2. The molecule has 0 amide bonds. The second kappa shape index (κ2) is 5.40. The molecule has 4 rings (SSSR count). The Morgan fingerprint density at radius 3 is 2.26 bits per heavy atom. The SMILES string of the molecule is COC1(OC)C2=[N+](S(=O)(=O)c3ccccc3)S(=O)(=O)C[C@]23CC[C@H]1C3(C)C. The van der Waals surface area contributed by atoms with E-state index in [1.165, 1.54) is 26.4 Å². The molecule has 1 aromatic carbocycles. The van der Waals surface area contributed by atoms with Gasteiger partial charge in [-0.25, -0.2) is 0 Å². The fourth-order valence-corrected chi connectivity index (χ4v) is 10.5. The van der Waals surface area contributed by atoms with Crippen LogP contribution in [0.1, 0.15) is 26.7 Å². The number of sulfonamides is 2. The molecule has 27 heavy (non-hydrogen) atoms. The van der Waals surface area contributed by atoms with Crippen LogP contribution in [0.5, 0.6) is 0 Å². The second-order valence-corrected chi connectivity index (χ2v) is 11.9. The summed E-state index contributed by atoms with van der Waals surface area (Å²) in [6, 6.07) is 7.62. The Hall–Kier alpha value is -1.29. The number of methoxy groups -OCH3 is 2. The average Bonchev–Trinajstić information content (AvgIpc) is 3.09. The zero-order valence-electron chi connectivity index (χ0n) is 15.8. The third-order valence-electron chi connectivity index (χ3n) is 6.94. The van der Waals surface area contributed by atoms with E-state index in [0.717, 1.165) is 0 Å². The lowest BCUT2D eigenvalue weighted by atomic mass is 9.70. The summed E-state index contributed by atoms with van der Waals surface area (Å²) in [6.07, 6.45) is 1.31. The molecular formula is C18H24NO6S2+. The van der Waals surface area contributed by atoms with E-state index in [2.05, 4.69) is 0 Å². The van der Waals surface area contributed by atoms with Crippen LogP contribution >= 0.6 is 0 Å². The minimum absolute atomic E-state index is 0.0696. The molecule has 1 spiro atoms. The zero-order chi connectivity index (χ0) is 19.9. The summed E-state index contributed by atoms with van der Waals surface area (Å²) in [7, 11) is -5.54. The molecule has 0 N–H and O–H groups in total. The van der Waals surface area contributed by atoms with Gasteiger partial charge in [0.25, 0.3) is 11.5 Å². The molecule has 3 aliphatic rings. The van der Waals surface area contributed by atoms with Crippen molar-refractivity contribution in [2.24, 2.45) is 16.7 Å². The molecule has 148 valence electrons. The number of fused-ring (bicyclic) bond motifs is 1. The highest BCUT2D eigenvalue weighted by Gasteiger charge is 2.84. The van der Waals surface area contributed by atoms with E-state index in [9.17, 15) is 16.8 Å². The fraction of sp³-hybridized carbons (Fsp3) is 0.611. The van der Waals surface area contributed by atoms with Gasteiger partial charge >= 0.3 is 20.0 Å². The van der Waals surface area contributed by atoms with Crippen molar-refractivity contribution in [2.45, 2.75) is 37.4 Å². The number of hydrogen-bond donors (Lipinski definition) is 0. The minimum atomic E-state index is -4.32. The van der Waals surface area contributed by atoms with Crippen molar-refractivity contribution in [2.75, 3.05) is 20.0 Å². The van der Waals surface area contributed by atoms with Crippen LogP contribution in [-0.2, 0) is 29.5 Å². The Kier molecular flexibility index (Phi) is 3.81. The van der Waals surface area contributed by atoms with Crippen molar-refractivity contribution in [1.82, 2.24) is 0 Å². The molecule has 0 unspecified atom stereocenters. The van der Waals surface area contributed by atoms with Gasteiger partial charge in [0.1, 0.15) is 10.6 Å². The lowest BCUT2D eigenvalue weighted by Crippen LogP contribution is -2.52. The first kappa shape index (κ1) is 19.0. The van der Waals surface area contributed by atoms with Crippen molar-refractivity contribution < 1.29 is 29.7 Å². The molecule has 0 aromatic heterocycles. The van der Waals surface area contributed by atoms with E-state index in [1.54, 1.807) is 18.2 Å². The van der Waals surface area contributed by atoms with Crippen molar-refractivity contribution >= 4 is 25.8 Å². The van der Waals surface area contributed by atoms with Crippen LogP contribution in [0.2, 0.25) is 0 Å². The van der Waals surface area contributed by atoms with Crippen LogP contribution in [0.25, 0.3) is 0 Å². The van der Waals surface area contributed by atoms with Gasteiger partial charge in [0, 0.05) is 23.5 Å². The highest BCUT2D eigenvalue weighted by Crippen LogP contribution is 2.70. The van der Waals surface area contributed by atoms with Gasteiger partial charge < -0.3 is 9.47 Å². The van der Waals surface area contributed by atoms with E-state index in [1.807, 2.05) is 13.8 Å². The molecule has 1 aliphatic heterocycles. The van der Waals surface area contributed by atoms with Crippen LogP contribution < -0.4 is 0 Å².